The zero-order chi connectivity index (χ0) is 24.2. The Bertz CT molecular complexity index is 1320. The number of amides is 4. The van der Waals surface area contributed by atoms with E-state index in [0.717, 1.165) is 6.07 Å². The second-order valence-corrected chi connectivity index (χ2v) is 7.19. The number of carbonyl (C=O) groups excluding carboxylic acids is 3. The molecule has 1 aliphatic rings. The number of halogens is 2. The van der Waals surface area contributed by atoms with Crippen LogP contribution in [0.3, 0.4) is 0 Å². The van der Waals surface area contributed by atoms with Crippen LogP contribution in [0.4, 0.5) is 19.3 Å². The number of benzene rings is 3. The van der Waals surface area contributed by atoms with E-state index in [0.29, 0.717) is 21.8 Å². The minimum Gasteiger partial charge on any atom is -0.497 e. The van der Waals surface area contributed by atoms with E-state index in [-0.39, 0.29) is 18.0 Å². The molecule has 0 aromatic heterocycles. The molecule has 34 heavy (non-hydrogen) atoms. The minimum absolute atomic E-state index is 0.129. The van der Waals surface area contributed by atoms with Crippen molar-refractivity contribution < 1.29 is 32.6 Å². The Morgan fingerprint density at radius 1 is 0.941 bits per heavy atom. The summed E-state index contributed by atoms with van der Waals surface area (Å²) in [4.78, 5) is 38.4. The summed E-state index contributed by atoms with van der Waals surface area (Å²) in [5.74, 6) is -2.59. The summed E-state index contributed by atoms with van der Waals surface area (Å²) in [6.07, 6.45) is 1.22. The highest BCUT2D eigenvalue weighted by Gasteiger charge is 2.38. The zero-order valence-electron chi connectivity index (χ0n) is 17.9. The van der Waals surface area contributed by atoms with Gasteiger partial charge >= 0.3 is 6.03 Å². The Hall–Kier alpha value is -4.53. The molecular formula is C25H18F2N2O5. The average Bonchev–Trinajstić information content (AvgIpc) is 2.82. The van der Waals surface area contributed by atoms with E-state index >= 15 is 0 Å². The molecule has 172 valence electrons. The monoisotopic (exact) mass is 464 g/mol. The maximum absolute atomic E-state index is 14.3. The molecule has 0 saturated carbocycles. The largest absolute Gasteiger partial charge is 0.497 e. The second kappa shape index (κ2) is 9.53. The first-order valence-electron chi connectivity index (χ1n) is 10.1. The molecular weight excluding hydrogens is 446 g/mol. The molecule has 0 unspecified atom stereocenters. The Labute approximate surface area is 193 Å². The molecule has 4 rings (SSSR count). The van der Waals surface area contributed by atoms with Crippen LogP contribution in [0.25, 0.3) is 6.08 Å². The Balaban J connectivity index is 1.71. The lowest BCUT2D eigenvalue weighted by Crippen LogP contribution is -2.54. The highest BCUT2D eigenvalue weighted by atomic mass is 19.1. The number of methoxy groups -OCH3 is 1. The van der Waals surface area contributed by atoms with Crippen LogP contribution in [0.5, 0.6) is 11.5 Å². The fourth-order valence-corrected chi connectivity index (χ4v) is 3.32. The molecule has 0 radical (unpaired) electrons. The lowest BCUT2D eigenvalue weighted by Gasteiger charge is -2.26. The van der Waals surface area contributed by atoms with Crippen LogP contribution < -0.4 is 19.7 Å². The second-order valence-electron chi connectivity index (χ2n) is 7.19. The maximum Gasteiger partial charge on any atom is 0.336 e. The van der Waals surface area contributed by atoms with Gasteiger partial charge in [0.25, 0.3) is 11.8 Å². The van der Waals surface area contributed by atoms with Crippen LogP contribution in [-0.4, -0.2) is 25.0 Å². The molecule has 7 nitrogen and oxygen atoms in total. The summed E-state index contributed by atoms with van der Waals surface area (Å²) < 4.78 is 39.2. The van der Waals surface area contributed by atoms with Crippen LogP contribution in [0.15, 0.2) is 72.3 Å². The molecule has 3 aromatic rings. The van der Waals surface area contributed by atoms with Gasteiger partial charge in [0.2, 0.25) is 0 Å². The SMILES string of the molecule is COc1ccc(/C=C2/C(=O)NC(=O)N(c3ccccc3F)C2=O)c(OCc2ccccc2F)c1. The highest BCUT2D eigenvalue weighted by Crippen LogP contribution is 2.30. The number of hydrogen-bond acceptors (Lipinski definition) is 5. The molecule has 1 heterocycles. The summed E-state index contributed by atoms with van der Waals surface area (Å²) in [7, 11) is 1.45. The van der Waals surface area contributed by atoms with Gasteiger partial charge in [-0.25, -0.2) is 18.5 Å². The third kappa shape index (κ3) is 4.49. The van der Waals surface area contributed by atoms with Gasteiger partial charge in [0.1, 0.15) is 35.3 Å². The molecule has 1 fully saturated rings. The van der Waals surface area contributed by atoms with E-state index in [1.165, 1.54) is 49.6 Å². The van der Waals surface area contributed by atoms with Crippen molar-refractivity contribution in [3.05, 3.63) is 95.1 Å². The van der Waals surface area contributed by atoms with Crippen LogP contribution in [-0.2, 0) is 16.2 Å². The summed E-state index contributed by atoms with van der Waals surface area (Å²) in [5.41, 5.74) is -0.122. The number of para-hydroxylation sites is 1. The number of carbonyl (C=O) groups is 3. The molecule has 4 amide bonds. The molecule has 1 aliphatic heterocycles. The summed E-state index contributed by atoms with van der Waals surface area (Å²) in [6, 6.07) is 14.8. The van der Waals surface area contributed by atoms with E-state index in [9.17, 15) is 23.2 Å². The van der Waals surface area contributed by atoms with Gasteiger partial charge < -0.3 is 9.47 Å². The Morgan fingerprint density at radius 2 is 1.65 bits per heavy atom. The maximum atomic E-state index is 14.3. The van der Waals surface area contributed by atoms with E-state index < -0.39 is 35.1 Å². The Kier molecular flexibility index (Phi) is 6.35. The Morgan fingerprint density at radius 3 is 2.35 bits per heavy atom. The number of hydrogen-bond donors (Lipinski definition) is 1. The minimum atomic E-state index is -1.07. The van der Waals surface area contributed by atoms with Crippen molar-refractivity contribution in [2.24, 2.45) is 0 Å². The van der Waals surface area contributed by atoms with Gasteiger partial charge in [-0.1, -0.05) is 30.3 Å². The number of nitrogens with one attached hydrogen (secondary N) is 1. The van der Waals surface area contributed by atoms with Crippen molar-refractivity contribution >= 4 is 29.6 Å². The van der Waals surface area contributed by atoms with Gasteiger partial charge in [-0.05, 0) is 36.4 Å². The van der Waals surface area contributed by atoms with Gasteiger partial charge in [-0.15, -0.1) is 0 Å². The molecule has 0 bridgehead atoms. The predicted octanol–water partition coefficient (Wildman–Crippen LogP) is 4.22. The van der Waals surface area contributed by atoms with Gasteiger partial charge in [0.15, 0.2) is 0 Å². The quantitative estimate of drug-likeness (QED) is 0.436. The standard InChI is InChI=1S/C25H18F2N2O5/c1-33-17-11-10-15(22(13-17)34-14-16-6-2-3-7-19(16)26)12-18-23(30)28-25(32)29(24(18)31)21-9-5-4-8-20(21)27/h2-13H,14H2,1H3,(H,28,30,32)/b18-12-. The van der Waals surface area contributed by atoms with E-state index in [2.05, 4.69) is 0 Å². The summed E-state index contributed by atoms with van der Waals surface area (Å²) in [6.45, 7) is -0.129. The molecule has 0 aliphatic carbocycles. The van der Waals surface area contributed by atoms with Crippen LogP contribution in [0.1, 0.15) is 11.1 Å². The fourth-order valence-electron chi connectivity index (χ4n) is 3.32. The van der Waals surface area contributed by atoms with Gasteiger partial charge in [0, 0.05) is 17.2 Å². The number of barbiturate groups is 1. The number of nitrogens with zero attached hydrogens (tertiary/aromatic N) is 1. The first-order chi connectivity index (χ1) is 16.4. The zero-order valence-corrected chi connectivity index (χ0v) is 17.9. The lowest BCUT2D eigenvalue weighted by molar-refractivity contribution is -0.122. The van der Waals surface area contributed by atoms with Crippen LogP contribution >= 0.6 is 0 Å². The van der Waals surface area contributed by atoms with Gasteiger partial charge in [0.05, 0.1) is 12.8 Å². The van der Waals surface area contributed by atoms with E-state index in [4.69, 9.17) is 9.47 Å². The molecule has 3 aromatic carbocycles. The van der Waals surface area contributed by atoms with Crippen molar-refractivity contribution in [1.29, 1.82) is 0 Å². The first-order valence-corrected chi connectivity index (χ1v) is 10.1. The molecule has 1 saturated heterocycles. The van der Waals surface area contributed by atoms with E-state index in [1.54, 1.807) is 24.3 Å². The third-order valence-corrected chi connectivity index (χ3v) is 5.06. The topological polar surface area (TPSA) is 84.9 Å². The van der Waals surface area contributed by atoms with Gasteiger partial charge in [-0.3, -0.25) is 14.9 Å². The number of ether oxygens (including phenoxy) is 2. The van der Waals surface area contributed by atoms with Crippen molar-refractivity contribution in [2.45, 2.75) is 6.61 Å². The van der Waals surface area contributed by atoms with E-state index in [1.807, 2.05) is 5.32 Å². The number of imide groups is 2. The molecule has 1 N–H and O–H groups in total. The highest BCUT2D eigenvalue weighted by molar-refractivity contribution is 6.39. The molecule has 0 spiro atoms. The molecule has 9 heteroatoms. The first kappa shape index (κ1) is 22.7. The number of rotatable bonds is 6. The average molecular weight is 464 g/mol. The summed E-state index contributed by atoms with van der Waals surface area (Å²) >= 11 is 0. The predicted molar refractivity (Wildman–Crippen MR) is 119 cm³/mol. The fraction of sp³-hybridized carbons (Fsp3) is 0.0800. The summed E-state index contributed by atoms with van der Waals surface area (Å²) in [5, 5.41) is 2.04. The van der Waals surface area contributed by atoms with Crippen LogP contribution in [0, 0.1) is 11.6 Å². The van der Waals surface area contributed by atoms with Crippen molar-refractivity contribution in [3.8, 4) is 11.5 Å². The smallest absolute Gasteiger partial charge is 0.336 e. The third-order valence-electron chi connectivity index (χ3n) is 5.06. The lowest BCUT2D eigenvalue weighted by atomic mass is 10.1. The van der Waals surface area contributed by atoms with Crippen molar-refractivity contribution in [1.82, 2.24) is 5.32 Å². The number of urea groups is 1. The van der Waals surface area contributed by atoms with Crippen molar-refractivity contribution in [2.75, 3.05) is 12.0 Å². The normalized spacial score (nSPS) is 14.9. The molecule has 0 atom stereocenters. The number of anilines is 1. The van der Waals surface area contributed by atoms with Crippen molar-refractivity contribution in [3.63, 3.8) is 0 Å². The van der Waals surface area contributed by atoms with Crippen LogP contribution in [0.2, 0.25) is 0 Å². The van der Waals surface area contributed by atoms with Gasteiger partial charge in [-0.2, -0.15) is 0 Å².